The first-order valence-corrected chi connectivity index (χ1v) is 8.10. The fourth-order valence-corrected chi connectivity index (χ4v) is 3.66. The van der Waals surface area contributed by atoms with Crippen molar-refractivity contribution in [1.82, 2.24) is 24.5 Å². The monoisotopic (exact) mass is 312 g/mol. The van der Waals surface area contributed by atoms with Crippen molar-refractivity contribution in [2.45, 2.75) is 45.2 Å². The molecule has 0 aliphatic carbocycles. The van der Waals surface area contributed by atoms with Crippen LogP contribution in [0.4, 0.5) is 0 Å². The predicted molar refractivity (Wildman–Crippen MR) is 82.4 cm³/mol. The summed E-state index contributed by atoms with van der Waals surface area (Å²) in [7, 11) is 0. The molecule has 0 spiro atoms. The maximum absolute atomic E-state index is 9.19. The van der Waals surface area contributed by atoms with Crippen LogP contribution in [-0.2, 0) is 24.4 Å². The smallest absolute Gasteiger partial charge is 0.120 e. The predicted octanol–water partition coefficient (Wildman–Crippen LogP) is 1.32. The van der Waals surface area contributed by atoms with Crippen LogP contribution in [0, 0.1) is 11.3 Å². The van der Waals surface area contributed by atoms with Crippen molar-refractivity contribution >= 4 is 0 Å². The SMILES string of the molecule is CCn1cc(CN2CC[C@H]3OCc4cnnn4[C@@H]3C2)cc1C#N. The second kappa shape index (κ2) is 5.80. The van der Waals surface area contributed by atoms with Crippen molar-refractivity contribution in [3.63, 3.8) is 0 Å². The summed E-state index contributed by atoms with van der Waals surface area (Å²) in [6.45, 7) is 6.25. The van der Waals surface area contributed by atoms with Gasteiger partial charge in [0.15, 0.2) is 0 Å². The molecule has 0 amide bonds. The number of piperidine rings is 1. The molecule has 7 heteroatoms. The lowest BCUT2D eigenvalue weighted by molar-refractivity contribution is -0.0669. The Bertz CT molecular complexity index is 742. The van der Waals surface area contributed by atoms with E-state index in [0.717, 1.165) is 44.0 Å². The van der Waals surface area contributed by atoms with Gasteiger partial charge >= 0.3 is 0 Å². The number of hydrogen-bond donors (Lipinski definition) is 0. The van der Waals surface area contributed by atoms with Gasteiger partial charge in [0, 0.05) is 32.4 Å². The van der Waals surface area contributed by atoms with Gasteiger partial charge in [0.25, 0.3) is 0 Å². The van der Waals surface area contributed by atoms with Gasteiger partial charge in [-0.3, -0.25) is 4.90 Å². The van der Waals surface area contributed by atoms with Crippen LogP contribution >= 0.6 is 0 Å². The van der Waals surface area contributed by atoms with Gasteiger partial charge in [0.2, 0.25) is 0 Å². The van der Waals surface area contributed by atoms with Crippen molar-refractivity contribution in [2.75, 3.05) is 13.1 Å². The summed E-state index contributed by atoms with van der Waals surface area (Å²) < 4.78 is 9.98. The highest BCUT2D eigenvalue weighted by atomic mass is 16.5. The molecule has 2 atom stereocenters. The average Bonchev–Trinajstić information content (AvgIpc) is 3.20. The molecule has 0 radical (unpaired) electrons. The molecule has 0 unspecified atom stereocenters. The van der Waals surface area contributed by atoms with Crippen LogP contribution in [-0.4, -0.2) is 43.7 Å². The zero-order chi connectivity index (χ0) is 15.8. The molecular weight excluding hydrogens is 292 g/mol. The van der Waals surface area contributed by atoms with Gasteiger partial charge in [-0.25, -0.2) is 4.68 Å². The molecule has 2 aromatic rings. The zero-order valence-corrected chi connectivity index (χ0v) is 13.2. The molecule has 23 heavy (non-hydrogen) atoms. The molecule has 7 nitrogen and oxygen atoms in total. The van der Waals surface area contributed by atoms with E-state index >= 15 is 0 Å². The van der Waals surface area contributed by atoms with E-state index in [-0.39, 0.29) is 12.1 Å². The minimum Gasteiger partial charge on any atom is -0.370 e. The van der Waals surface area contributed by atoms with E-state index in [4.69, 9.17) is 4.74 Å². The summed E-state index contributed by atoms with van der Waals surface area (Å²) >= 11 is 0. The molecule has 1 saturated heterocycles. The van der Waals surface area contributed by atoms with Crippen LogP contribution in [0.3, 0.4) is 0 Å². The van der Waals surface area contributed by atoms with Crippen LogP contribution in [0.5, 0.6) is 0 Å². The third-order valence-electron chi connectivity index (χ3n) is 4.83. The molecule has 1 fully saturated rings. The Balaban J connectivity index is 1.50. The first kappa shape index (κ1) is 14.4. The Kier molecular flexibility index (Phi) is 3.63. The maximum atomic E-state index is 9.19. The van der Waals surface area contributed by atoms with E-state index in [9.17, 15) is 5.26 Å². The highest BCUT2D eigenvalue weighted by Crippen LogP contribution is 2.30. The summed E-state index contributed by atoms with van der Waals surface area (Å²) in [5.74, 6) is 0. The number of aromatic nitrogens is 4. The Hall–Kier alpha value is -2.17. The van der Waals surface area contributed by atoms with E-state index in [1.807, 2.05) is 15.3 Å². The number of hydrogen-bond acceptors (Lipinski definition) is 5. The van der Waals surface area contributed by atoms with E-state index in [2.05, 4.69) is 34.4 Å². The van der Waals surface area contributed by atoms with Crippen LogP contribution in [0.25, 0.3) is 0 Å². The van der Waals surface area contributed by atoms with Gasteiger partial charge in [-0.2, -0.15) is 5.26 Å². The molecule has 2 aromatic heterocycles. The lowest BCUT2D eigenvalue weighted by Crippen LogP contribution is -2.47. The number of likely N-dealkylation sites (tertiary alicyclic amines) is 1. The number of rotatable bonds is 3. The third-order valence-corrected chi connectivity index (χ3v) is 4.83. The second-order valence-electron chi connectivity index (χ2n) is 6.24. The van der Waals surface area contributed by atoms with Gasteiger partial charge in [-0.05, 0) is 25.0 Å². The molecule has 4 heterocycles. The highest BCUT2D eigenvalue weighted by molar-refractivity contribution is 5.28. The molecular formula is C16H20N6O. The molecule has 120 valence electrons. The van der Waals surface area contributed by atoms with E-state index in [1.54, 1.807) is 6.20 Å². The number of ether oxygens (including phenoxy) is 1. The van der Waals surface area contributed by atoms with Crippen LogP contribution in [0.2, 0.25) is 0 Å². The zero-order valence-electron chi connectivity index (χ0n) is 13.2. The first-order valence-electron chi connectivity index (χ1n) is 8.10. The minimum atomic E-state index is 0.232. The molecule has 2 aliphatic rings. The summed E-state index contributed by atoms with van der Waals surface area (Å²) in [5.41, 5.74) is 2.98. The van der Waals surface area contributed by atoms with Gasteiger partial charge in [-0.1, -0.05) is 5.21 Å². The second-order valence-corrected chi connectivity index (χ2v) is 6.24. The number of fused-ring (bicyclic) bond motifs is 3. The molecule has 4 rings (SSSR count). The van der Waals surface area contributed by atoms with Gasteiger partial charge < -0.3 is 9.30 Å². The molecule has 0 saturated carbocycles. The van der Waals surface area contributed by atoms with Gasteiger partial charge in [0.1, 0.15) is 11.8 Å². The number of nitrogens with zero attached hydrogens (tertiary/aromatic N) is 6. The normalized spacial score (nSPS) is 24.0. The summed E-state index contributed by atoms with van der Waals surface area (Å²) in [5, 5.41) is 17.4. The van der Waals surface area contributed by atoms with Crippen LogP contribution in [0.15, 0.2) is 18.5 Å². The molecule has 0 aromatic carbocycles. The van der Waals surface area contributed by atoms with Crippen molar-refractivity contribution < 1.29 is 4.74 Å². The minimum absolute atomic E-state index is 0.232. The topological polar surface area (TPSA) is 71.9 Å². The summed E-state index contributed by atoms with van der Waals surface area (Å²) in [4.78, 5) is 2.41. The molecule has 0 bridgehead atoms. The fourth-order valence-electron chi connectivity index (χ4n) is 3.66. The van der Waals surface area contributed by atoms with Gasteiger partial charge in [0.05, 0.1) is 30.6 Å². The standard InChI is InChI=1S/C16H20N6O/c1-2-21-9-12(5-13(21)6-17)8-20-4-3-16-15(10-20)22-14(11-23-16)7-18-19-22/h5,7,9,15-16H,2-4,8,10-11H2,1H3/t15-,16-/m1/s1. The fraction of sp³-hybridized carbons (Fsp3) is 0.562. The van der Waals surface area contributed by atoms with Crippen LogP contribution in [0.1, 0.15) is 36.3 Å². The number of aryl methyl sites for hydroxylation is 1. The highest BCUT2D eigenvalue weighted by Gasteiger charge is 2.36. The quantitative estimate of drug-likeness (QED) is 0.854. The molecule has 2 aliphatic heterocycles. The largest absolute Gasteiger partial charge is 0.370 e. The van der Waals surface area contributed by atoms with Gasteiger partial charge in [-0.15, -0.1) is 5.10 Å². The summed E-state index contributed by atoms with van der Waals surface area (Å²) in [6, 6.07) is 4.49. The number of nitriles is 1. The lowest BCUT2D eigenvalue weighted by atomic mass is 10.00. The van der Waals surface area contributed by atoms with Crippen LogP contribution < -0.4 is 0 Å². The third kappa shape index (κ3) is 2.54. The van der Waals surface area contributed by atoms with E-state index in [1.165, 1.54) is 5.56 Å². The van der Waals surface area contributed by atoms with Crippen molar-refractivity contribution in [1.29, 1.82) is 5.26 Å². The average molecular weight is 312 g/mol. The Morgan fingerprint density at radius 3 is 3.17 bits per heavy atom. The van der Waals surface area contributed by atoms with E-state index in [0.29, 0.717) is 6.61 Å². The Labute approximate surface area is 135 Å². The molecule has 0 N–H and O–H groups in total. The Morgan fingerprint density at radius 1 is 1.48 bits per heavy atom. The summed E-state index contributed by atoms with van der Waals surface area (Å²) in [6.07, 6.45) is 5.11. The van der Waals surface area contributed by atoms with E-state index < -0.39 is 0 Å². The van der Waals surface area contributed by atoms with Crippen molar-refractivity contribution in [2.24, 2.45) is 0 Å². The Morgan fingerprint density at radius 2 is 2.39 bits per heavy atom. The first-order chi connectivity index (χ1) is 11.3. The lowest BCUT2D eigenvalue weighted by Gasteiger charge is -2.40. The van der Waals surface area contributed by atoms with Crippen molar-refractivity contribution in [3.05, 3.63) is 35.4 Å². The maximum Gasteiger partial charge on any atom is 0.120 e. The van der Waals surface area contributed by atoms with Crippen molar-refractivity contribution in [3.8, 4) is 6.07 Å².